The molecule has 0 bridgehead atoms. The van der Waals surface area contributed by atoms with E-state index in [-0.39, 0.29) is 11.3 Å². The summed E-state index contributed by atoms with van der Waals surface area (Å²) in [5.74, 6) is 0.431. The first-order valence-corrected chi connectivity index (χ1v) is 6.34. The lowest BCUT2D eigenvalue weighted by molar-refractivity contribution is -0.131. The second-order valence-corrected chi connectivity index (χ2v) is 5.08. The fourth-order valence-corrected chi connectivity index (χ4v) is 2.71. The summed E-state index contributed by atoms with van der Waals surface area (Å²) >= 11 is 0. The van der Waals surface area contributed by atoms with Crippen molar-refractivity contribution in [1.82, 2.24) is 0 Å². The Morgan fingerprint density at radius 2 is 1.76 bits per heavy atom. The van der Waals surface area contributed by atoms with Crippen molar-refractivity contribution in [3.05, 3.63) is 35.9 Å². The van der Waals surface area contributed by atoms with Crippen LogP contribution in [0.1, 0.15) is 32.3 Å². The standard InChI is InChI=1S/C15H20O2/c1-12(2)14(16)15(8-10-17-11-9-15)13-6-4-3-5-7-13/h3-7,12H,8-11H2,1-2H3. The number of ketones is 1. The van der Waals surface area contributed by atoms with E-state index in [1.54, 1.807) is 0 Å². The molecule has 2 rings (SSSR count). The molecule has 1 saturated heterocycles. The lowest BCUT2D eigenvalue weighted by Crippen LogP contribution is -2.43. The molecule has 2 heteroatoms. The largest absolute Gasteiger partial charge is 0.381 e. The minimum atomic E-state index is -0.312. The summed E-state index contributed by atoms with van der Waals surface area (Å²) in [7, 11) is 0. The highest BCUT2D eigenvalue weighted by atomic mass is 16.5. The zero-order valence-electron chi connectivity index (χ0n) is 10.6. The van der Waals surface area contributed by atoms with Crippen molar-refractivity contribution in [2.45, 2.75) is 32.1 Å². The SMILES string of the molecule is CC(C)C(=O)C1(c2ccccc2)CCOCC1. The monoisotopic (exact) mass is 232 g/mol. The molecule has 0 saturated carbocycles. The Bertz CT molecular complexity index is 375. The van der Waals surface area contributed by atoms with Gasteiger partial charge in [0.15, 0.2) is 0 Å². The summed E-state index contributed by atoms with van der Waals surface area (Å²) in [6, 6.07) is 10.2. The van der Waals surface area contributed by atoms with Crippen LogP contribution in [0.4, 0.5) is 0 Å². The summed E-state index contributed by atoms with van der Waals surface area (Å²) in [4.78, 5) is 12.6. The van der Waals surface area contributed by atoms with Crippen LogP contribution in [-0.2, 0) is 14.9 Å². The van der Waals surface area contributed by atoms with Gasteiger partial charge in [0.1, 0.15) is 5.78 Å². The average molecular weight is 232 g/mol. The molecule has 0 unspecified atom stereocenters. The van der Waals surface area contributed by atoms with Gasteiger partial charge in [-0.25, -0.2) is 0 Å². The Kier molecular flexibility index (Phi) is 3.63. The van der Waals surface area contributed by atoms with Crippen LogP contribution >= 0.6 is 0 Å². The number of benzene rings is 1. The topological polar surface area (TPSA) is 26.3 Å². The van der Waals surface area contributed by atoms with E-state index >= 15 is 0 Å². The molecule has 1 fully saturated rings. The van der Waals surface area contributed by atoms with E-state index in [0.717, 1.165) is 18.4 Å². The molecule has 1 aromatic rings. The lowest BCUT2D eigenvalue weighted by Gasteiger charge is -2.37. The van der Waals surface area contributed by atoms with E-state index in [1.165, 1.54) is 0 Å². The molecule has 0 aliphatic carbocycles. The van der Waals surface area contributed by atoms with E-state index < -0.39 is 0 Å². The van der Waals surface area contributed by atoms with Gasteiger partial charge in [-0.15, -0.1) is 0 Å². The zero-order chi connectivity index (χ0) is 12.3. The van der Waals surface area contributed by atoms with Crippen LogP contribution in [0.25, 0.3) is 0 Å². The van der Waals surface area contributed by atoms with E-state index in [0.29, 0.717) is 19.0 Å². The second-order valence-electron chi connectivity index (χ2n) is 5.08. The molecular weight excluding hydrogens is 212 g/mol. The van der Waals surface area contributed by atoms with Crippen molar-refractivity contribution >= 4 is 5.78 Å². The van der Waals surface area contributed by atoms with Crippen molar-refractivity contribution in [3.63, 3.8) is 0 Å². The third kappa shape index (κ3) is 2.27. The molecule has 92 valence electrons. The van der Waals surface area contributed by atoms with Crippen LogP contribution < -0.4 is 0 Å². The first-order valence-electron chi connectivity index (χ1n) is 6.34. The minimum absolute atomic E-state index is 0.0771. The third-order valence-electron chi connectivity index (χ3n) is 3.67. The van der Waals surface area contributed by atoms with Gasteiger partial charge in [-0.2, -0.15) is 0 Å². The number of Topliss-reactive ketones (excluding diaryl/α,β-unsaturated/α-hetero) is 1. The second kappa shape index (κ2) is 5.01. The van der Waals surface area contributed by atoms with Crippen molar-refractivity contribution in [2.24, 2.45) is 5.92 Å². The highest BCUT2D eigenvalue weighted by Crippen LogP contribution is 2.37. The third-order valence-corrected chi connectivity index (χ3v) is 3.67. The smallest absolute Gasteiger partial charge is 0.146 e. The van der Waals surface area contributed by atoms with Gasteiger partial charge in [0, 0.05) is 19.1 Å². The number of hydrogen-bond acceptors (Lipinski definition) is 2. The number of rotatable bonds is 3. The molecule has 1 aliphatic heterocycles. The quantitative estimate of drug-likeness (QED) is 0.801. The van der Waals surface area contributed by atoms with Gasteiger partial charge < -0.3 is 4.74 Å². The highest BCUT2D eigenvalue weighted by molar-refractivity contribution is 5.91. The predicted octanol–water partition coefficient (Wildman–Crippen LogP) is 2.96. The maximum atomic E-state index is 12.6. The van der Waals surface area contributed by atoms with Crippen molar-refractivity contribution in [3.8, 4) is 0 Å². The number of hydrogen-bond donors (Lipinski definition) is 0. The molecule has 0 radical (unpaired) electrons. The number of ether oxygens (including phenoxy) is 1. The Labute approximate surface area is 103 Å². The fraction of sp³-hybridized carbons (Fsp3) is 0.533. The van der Waals surface area contributed by atoms with Crippen molar-refractivity contribution < 1.29 is 9.53 Å². The van der Waals surface area contributed by atoms with Gasteiger partial charge >= 0.3 is 0 Å². The highest BCUT2D eigenvalue weighted by Gasteiger charge is 2.41. The molecule has 1 aliphatic rings. The Balaban J connectivity index is 2.40. The molecule has 0 aromatic heterocycles. The average Bonchev–Trinajstić information content (AvgIpc) is 2.39. The zero-order valence-corrected chi connectivity index (χ0v) is 10.6. The van der Waals surface area contributed by atoms with Crippen LogP contribution in [0.3, 0.4) is 0 Å². The van der Waals surface area contributed by atoms with E-state index in [9.17, 15) is 4.79 Å². The predicted molar refractivity (Wildman–Crippen MR) is 68.0 cm³/mol. The molecule has 17 heavy (non-hydrogen) atoms. The molecule has 2 nitrogen and oxygen atoms in total. The van der Waals surface area contributed by atoms with Crippen molar-refractivity contribution in [1.29, 1.82) is 0 Å². The molecule has 1 aromatic carbocycles. The fourth-order valence-electron chi connectivity index (χ4n) is 2.71. The van der Waals surface area contributed by atoms with Crippen LogP contribution in [0.2, 0.25) is 0 Å². The van der Waals surface area contributed by atoms with Crippen LogP contribution in [0.15, 0.2) is 30.3 Å². The first kappa shape index (κ1) is 12.3. The van der Waals surface area contributed by atoms with Crippen molar-refractivity contribution in [2.75, 3.05) is 13.2 Å². The maximum absolute atomic E-state index is 12.6. The van der Waals surface area contributed by atoms with Gasteiger partial charge in [-0.05, 0) is 18.4 Å². The van der Waals surface area contributed by atoms with E-state index in [1.807, 2.05) is 32.0 Å². The summed E-state index contributed by atoms with van der Waals surface area (Å²) in [5, 5.41) is 0. The van der Waals surface area contributed by atoms with Gasteiger partial charge in [-0.1, -0.05) is 44.2 Å². The Morgan fingerprint density at radius 3 is 2.29 bits per heavy atom. The molecule has 0 atom stereocenters. The first-order chi connectivity index (χ1) is 8.17. The lowest BCUT2D eigenvalue weighted by atomic mass is 9.68. The van der Waals surface area contributed by atoms with Crippen LogP contribution in [0, 0.1) is 5.92 Å². The van der Waals surface area contributed by atoms with Gasteiger partial charge in [-0.3, -0.25) is 4.79 Å². The molecule has 0 amide bonds. The summed E-state index contributed by atoms with van der Waals surface area (Å²) < 4.78 is 5.42. The maximum Gasteiger partial charge on any atom is 0.146 e. The van der Waals surface area contributed by atoms with Gasteiger partial charge in [0.05, 0.1) is 5.41 Å². The summed E-state index contributed by atoms with van der Waals surface area (Å²) in [6.07, 6.45) is 1.63. The summed E-state index contributed by atoms with van der Waals surface area (Å²) in [6.45, 7) is 5.35. The van der Waals surface area contributed by atoms with E-state index in [2.05, 4.69) is 12.1 Å². The molecule has 0 spiro atoms. The van der Waals surface area contributed by atoms with Gasteiger partial charge in [0.2, 0.25) is 0 Å². The molecule has 0 N–H and O–H groups in total. The van der Waals surface area contributed by atoms with Crippen LogP contribution in [0.5, 0.6) is 0 Å². The van der Waals surface area contributed by atoms with Gasteiger partial charge in [0.25, 0.3) is 0 Å². The van der Waals surface area contributed by atoms with Crippen LogP contribution in [-0.4, -0.2) is 19.0 Å². The minimum Gasteiger partial charge on any atom is -0.381 e. The molecular formula is C15H20O2. The summed E-state index contributed by atoms with van der Waals surface area (Å²) in [5.41, 5.74) is 0.843. The Morgan fingerprint density at radius 1 is 1.18 bits per heavy atom. The molecule has 1 heterocycles. The normalized spacial score (nSPS) is 19.2. The number of carbonyl (C=O) groups is 1. The number of carbonyl (C=O) groups excluding carboxylic acids is 1. The van der Waals surface area contributed by atoms with E-state index in [4.69, 9.17) is 4.74 Å². The Hall–Kier alpha value is -1.15.